The maximum absolute atomic E-state index is 14.2. The van der Waals surface area contributed by atoms with Gasteiger partial charge >= 0.3 is 0 Å². The number of amides is 2. The van der Waals surface area contributed by atoms with Crippen LogP contribution >= 0.6 is 0 Å². The van der Waals surface area contributed by atoms with Gasteiger partial charge in [-0.3, -0.25) is 9.59 Å². The van der Waals surface area contributed by atoms with Crippen LogP contribution in [0.4, 0.5) is 0 Å². The Morgan fingerprint density at radius 2 is 1.60 bits per heavy atom. The van der Waals surface area contributed by atoms with E-state index in [1.165, 1.54) is 5.56 Å². The summed E-state index contributed by atoms with van der Waals surface area (Å²) in [6.07, 6.45) is 5.91. The zero-order valence-corrected chi connectivity index (χ0v) is 20.6. The van der Waals surface area contributed by atoms with Gasteiger partial charge < -0.3 is 9.80 Å². The summed E-state index contributed by atoms with van der Waals surface area (Å²) in [5.74, 6) is 0.143. The van der Waals surface area contributed by atoms with Crippen LogP contribution in [-0.4, -0.2) is 50.8 Å². The Bertz CT molecular complexity index is 1270. The number of fused-ring (bicyclic) bond motifs is 2. The van der Waals surface area contributed by atoms with E-state index in [0.29, 0.717) is 5.69 Å². The molecule has 2 aliphatic heterocycles. The van der Waals surface area contributed by atoms with Gasteiger partial charge in [0.1, 0.15) is 5.69 Å². The lowest BCUT2D eigenvalue weighted by Crippen LogP contribution is -2.61. The van der Waals surface area contributed by atoms with Crippen LogP contribution in [0.3, 0.4) is 0 Å². The number of aromatic nitrogens is 1. The van der Waals surface area contributed by atoms with Gasteiger partial charge in [-0.15, -0.1) is 0 Å². The molecule has 3 fully saturated rings. The van der Waals surface area contributed by atoms with Gasteiger partial charge in [-0.2, -0.15) is 0 Å². The first-order valence-electron chi connectivity index (χ1n) is 13.0. The van der Waals surface area contributed by atoms with E-state index in [0.717, 1.165) is 49.4 Å². The summed E-state index contributed by atoms with van der Waals surface area (Å²) in [5, 5.41) is 1.04. The number of likely N-dealkylation sites (tertiary alicyclic amines) is 2. The second kappa shape index (κ2) is 8.47. The van der Waals surface area contributed by atoms with Crippen LogP contribution in [0.25, 0.3) is 10.9 Å². The number of rotatable bonds is 3. The summed E-state index contributed by atoms with van der Waals surface area (Å²) in [4.78, 5) is 36.5. The number of carbonyl (C=O) groups is 2. The van der Waals surface area contributed by atoms with Gasteiger partial charge in [-0.05, 0) is 43.4 Å². The van der Waals surface area contributed by atoms with Crippen LogP contribution < -0.4 is 0 Å². The Kier molecular flexibility index (Phi) is 5.39. The van der Waals surface area contributed by atoms with Crippen molar-refractivity contribution in [1.82, 2.24) is 14.8 Å². The van der Waals surface area contributed by atoms with Crippen molar-refractivity contribution in [3.05, 3.63) is 78.0 Å². The fraction of sp³-hybridized carbons (Fsp3) is 0.433. The molecule has 0 N–H and O–H groups in total. The van der Waals surface area contributed by atoms with Crippen LogP contribution in [0.5, 0.6) is 0 Å². The highest BCUT2D eigenvalue weighted by molar-refractivity contribution is 5.95. The van der Waals surface area contributed by atoms with Crippen LogP contribution in [0.1, 0.15) is 62.0 Å². The van der Waals surface area contributed by atoms with Crippen molar-refractivity contribution in [1.29, 1.82) is 0 Å². The molecule has 5 atom stereocenters. The van der Waals surface area contributed by atoms with Crippen LogP contribution in [0.15, 0.2) is 66.7 Å². The van der Waals surface area contributed by atoms with Gasteiger partial charge in [-0.25, -0.2) is 4.98 Å². The summed E-state index contributed by atoms with van der Waals surface area (Å²) in [6.45, 7) is 4.04. The van der Waals surface area contributed by atoms with Crippen molar-refractivity contribution >= 4 is 22.7 Å². The predicted molar refractivity (Wildman–Crippen MR) is 137 cm³/mol. The van der Waals surface area contributed by atoms with Crippen molar-refractivity contribution in [2.24, 2.45) is 5.41 Å². The minimum Gasteiger partial charge on any atom is -0.334 e. The maximum Gasteiger partial charge on any atom is 0.273 e. The molecule has 0 spiro atoms. The molecule has 1 aromatic heterocycles. The van der Waals surface area contributed by atoms with Gasteiger partial charge in [0, 0.05) is 29.8 Å². The molecule has 2 bridgehead atoms. The fourth-order valence-electron chi connectivity index (χ4n) is 7.41. The zero-order chi connectivity index (χ0) is 24.2. The summed E-state index contributed by atoms with van der Waals surface area (Å²) in [7, 11) is 0. The first-order chi connectivity index (χ1) is 17.0. The molecule has 1 aliphatic carbocycles. The molecule has 5 heteroatoms. The summed E-state index contributed by atoms with van der Waals surface area (Å²) in [5.41, 5.74) is 2.47. The molecular weight excluding hydrogens is 434 g/mol. The van der Waals surface area contributed by atoms with Crippen LogP contribution in [0, 0.1) is 5.41 Å². The fourth-order valence-corrected chi connectivity index (χ4v) is 7.41. The third-order valence-corrected chi connectivity index (χ3v) is 8.91. The number of hydrogen-bond acceptors (Lipinski definition) is 3. The largest absolute Gasteiger partial charge is 0.334 e. The standard InChI is InChI=1S/C30H33N3O2/c1-20(34)32-25(18-21-10-4-3-5-11-21)26-19-30(2)27(32)14-8-9-15-28(30)33(26)29(35)24-17-16-22-12-6-7-13-23(22)31-24/h3-7,10-13,16-17,25-28H,8-9,14-15,18-19H2,1-2H3/t25-,26+,27-,28+,30-/m1/s1. The highest BCUT2D eigenvalue weighted by atomic mass is 16.2. The van der Waals surface area contributed by atoms with Gasteiger partial charge in [0.25, 0.3) is 5.91 Å². The van der Waals surface area contributed by atoms with Gasteiger partial charge in [-0.1, -0.05) is 74.4 Å². The Morgan fingerprint density at radius 3 is 2.34 bits per heavy atom. The van der Waals surface area contributed by atoms with Crippen molar-refractivity contribution in [3.8, 4) is 0 Å². The molecule has 180 valence electrons. The lowest BCUT2D eigenvalue weighted by atomic mass is 9.69. The van der Waals surface area contributed by atoms with Gasteiger partial charge in [0.2, 0.25) is 5.91 Å². The summed E-state index contributed by atoms with van der Waals surface area (Å²) >= 11 is 0. The smallest absolute Gasteiger partial charge is 0.273 e. The van der Waals surface area contributed by atoms with E-state index in [2.05, 4.69) is 41.0 Å². The first kappa shape index (κ1) is 22.3. The van der Waals surface area contributed by atoms with Gasteiger partial charge in [0.05, 0.1) is 17.6 Å². The average molecular weight is 468 g/mol. The van der Waals surface area contributed by atoms with Crippen molar-refractivity contribution in [3.63, 3.8) is 0 Å². The minimum absolute atomic E-state index is 0.00998. The van der Waals surface area contributed by atoms with Gasteiger partial charge in [0.15, 0.2) is 0 Å². The zero-order valence-electron chi connectivity index (χ0n) is 20.6. The number of piperidine rings is 1. The molecule has 3 aromatic rings. The van der Waals surface area contributed by atoms with Crippen molar-refractivity contribution in [2.75, 3.05) is 0 Å². The average Bonchev–Trinajstić information content (AvgIpc) is 3.02. The number of hydrogen-bond donors (Lipinski definition) is 0. The molecule has 0 radical (unpaired) electrons. The van der Waals surface area contributed by atoms with E-state index in [9.17, 15) is 9.59 Å². The van der Waals surface area contributed by atoms with E-state index in [1.807, 2.05) is 42.5 Å². The number of nitrogens with zero attached hydrogens (tertiary/aromatic N) is 3. The Balaban J connectivity index is 1.45. The first-order valence-corrected chi connectivity index (χ1v) is 13.0. The normalized spacial score (nSPS) is 29.8. The molecule has 2 amide bonds. The lowest BCUT2D eigenvalue weighted by Gasteiger charge is -2.50. The third-order valence-electron chi connectivity index (χ3n) is 8.91. The molecular formula is C30H33N3O2. The highest BCUT2D eigenvalue weighted by Gasteiger charge is 2.63. The minimum atomic E-state index is -0.0907. The Morgan fingerprint density at radius 1 is 0.914 bits per heavy atom. The third kappa shape index (κ3) is 3.55. The molecule has 3 heterocycles. The lowest BCUT2D eigenvalue weighted by molar-refractivity contribution is -0.141. The topological polar surface area (TPSA) is 53.5 Å². The molecule has 3 aliphatic rings. The highest BCUT2D eigenvalue weighted by Crippen LogP contribution is 2.55. The second-order valence-electron chi connectivity index (χ2n) is 10.9. The molecule has 6 rings (SSSR count). The van der Waals surface area contributed by atoms with E-state index in [-0.39, 0.29) is 41.4 Å². The summed E-state index contributed by atoms with van der Waals surface area (Å²) < 4.78 is 0. The van der Waals surface area contributed by atoms with E-state index in [1.54, 1.807) is 6.92 Å². The molecule has 2 saturated heterocycles. The monoisotopic (exact) mass is 467 g/mol. The Hall–Kier alpha value is -3.21. The van der Waals surface area contributed by atoms with Crippen LogP contribution in [0.2, 0.25) is 0 Å². The summed E-state index contributed by atoms with van der Waals surface area (Å²) in [6, 6.07) is 22.5. The quantitative estimate of drug-likeness (QED) is 0.529. The SMILES string of the molecule is CC(=O)N1[C@H](Cc2ccccc2)[C@@H]2C[C@@]3(C)[C@H](CCCC[C@@H]13)N2C(=O)c1ccc2ccccc2n1. The van der Waals surface area contributed by atoms with Crippen molar-refractivity contribution in [2.45, 2.75) is 76.5 Å². The number of benzene rings is 2. The Labute approximate surface area is 207 Å². The van der Waals surface area contributed by atoms with Crippen molar-refractivity contribution < 1.29 is 9.59 Å². The number of para-hydroxylation sites is 1. The maximum atomic E-state index is 14.2. The van der Waals surface area contributed by atoms with E-state index < -0.39 is 0 Å². The van der Waals surface area contributed by atoms with E-state index in [4.69, 9.17) is 4.98 Å². The molecule has 2 aromatic carbocycles. The number of carbonyl (C=O) groups excluding carboxylic acids is 2. The van der Waals surface area contributed by atoms with Crippen LogP contribution in [-0.2, 0) is 11.2 Å². The molecule has 1 saturated carbocycles. The molecule has 0 unspecified atom stereocenters. The second-order valence-corrected chi connectivity index (χ2v) is 10.9. The number of pyridine rings is 1. The molecule has 35 heavy (non-hydrogen) atoms. The predicted octanol–water partition coefficient (Wildman–Crippen LogP) is 5.24. The molecule has 5 nitrogen and oxygen atoms in total. The van der Waals surface area contributed by atoms with E-state index >= 15 is 0 Å².